The second-order valence-electron chi connectivity index (χ2n) is 17.7. The molecular formula is C68H48IrN5. The zero-order valence-electron chi connectivity index (χ0n) is 48.6. The molecule has 0 saturated heterocycles. The van der Waals surface area contributed by atoms with Gasteiger partial charge >= 0.3 is 20.1 Å². The molecule has 3 heterocycles. The van der Waals surface area contributed by atoms with E-state index in [4.69, 9.17) is 12.3 Å². The largest absolute Gasteiger partial charge is 3.00 e. The smallest absolute Gasteiger partial charge is 0.373 e. The van der Waals surface area contributed by atoms with E-state index in [0.717, 1.165) is 89.0 Å². The molecule has 354 valence electrons. The van der Waals surface area contributed by atoms with Gasteiger partial charge in [-0.05, 0) is 86.4 Å². The van der Waals surface area contributed by atoms with Crippen LogP contribution in [0.2, 0.25) is 0 Å². The van der Waals surface area contributed by atoms with Gasteiger partial charge in [0.1, 0.15) is 0 Å². The summed E-state index contributed by atoms with van der Waals surface area (Å²) in [6, 6.07) is 79.1. The van der Waals surface area contributed by atoms with E-state index < -0.39 is 20.8 Å². The van der Waals surface area contributed by atoms with Gasteiger partial charge in [-0.25, -0.2) is 0 Å². The molecule has 0 atom stereocenters. The normalized spacial score (nSPS) is 13.4. The first-order valence-electron chi connectivity index (χ1n) is 28.3. The number of hydrogen-bond donors (Lipinski definition) is 0. The van der Waals surface area contributed by atoms with Crippen molar-refractivity contribution in [3.8, 4) is 123 Å². The average molecular weight is 1140 g/mol. The number of aromatic nitrogens is 5. The van der Waals surface area contributed by atoms with Crippen LogP contribution in [-0.2, 0) is 34.1 Å². The van der Waals surface area contributed by atoms with E-state index in [2.05, 4.69) is 130 Å². The van der Waals surface area contributed by atoms with Gasteiger partial charge in [0.05, 0.1) is 11.6 Å². The summed E-state index contributed by atoms with van der Waals surface area (Å²) in [4.78, 5) is 13.4. The standard InChI is InChI=1S/C68H48N5.Ir/c1-46-21-36-66(71-45-46)54-34-35-64(65(44-54)51-24-22-48(23-25-51)47-13-5-4-6-14-47)63-20-12-11-19-62(63)57-42-55(60-17-9-7-15-58(60)49-26-30-52(31-27-49)67-69-37-39-72(67)2)41-56(43-57)61-18-10-8-16-59(61)50-28-32-53(33-29-50)68-70-38-40-73(68)3;/h4-30,32,35-45H,1-3H3;/q-3;+3/i1D3,2D3,3D3;. The average Bonchev–Trinajstić information content (AvgIpc) is 4.40. The molecule has 12 rings (SSSR count). The SMILES string of the molecule is [2H]C([2H])([2H])c1ccc(-c2[c-]cc(-c3ccccc3-c3cc(-c4ccccc4-c4c[c-]c(-c5nccn5C([2H])([2H])[2H])cc4)cc(-c4ccccc4-c4c[c-]c(-c5nccn5C([2H])([2H])[2H])cc4)c3)c(-c3ccc(-c4ccccc4)cc3)c2)nc1.[Ir+3]. The van der Waals surface area contributed by atoms with Crippen molar-refractivity contribution < 1.29 is 32.4 Å². The summed E-state index contributed by atoms with van der Waals surface area (Å²) in [5.41, 5.74) is 17.7. The molecule has 0 N–H and O–H groups in total. The number of rotatable bonds is 11. The molecule has 0 aliphatic heterocycles. The Hall–Kier alpha value is -8.80. The molecular weight excluding hydrogens is 1080 g/mol. The van der Waals surface area contributed by atoms with Crippen molar-refractivity contribution >= 4 is 0 Å². The van der Waals surface area contributed by atoms with Crippen molar-refractivity contribution in [2.24, 2.45) is 14.0 Å². The predicted molar refractivity (Wildman–Crippen MR) is 299 cm³/mol. The van der Waals surface area contributed by atoms with E-state index in [-0.39, 0.29) is 25.7 Å². The maximum atomic E-state index is 8.07. The van der Waals surface area contributed by atoms with E-state index >= 15 is 0 Å². The van der Waals surface area contributed by atoms with E-state index in [1.165, 1.54) is 40.1 Å². The summed E-state index contributed by atoms with van der Waals surface area (Å²) in [6.45, 7) is -7.12. The van der Waals surface area contributed by atoms with Crippen LogP contribution < -0.4 is 0 Å². The first kappa shape index (κ1) is 37.9. The fourth-order valence-corrected chi connectivity index (χ4v) is 9.63. The predicted octanol–water partition coefficient (Wildman–Crippen LogP) is 16.6. The zero-order valence-corrected chi connectivity index (χ0v) is 42.0. The van der Waals surface area contributed by atoms with Gasteiger partial charge in [0.2, 0.25) is 0 Å². The first-order chi connectivity index (χ1) is 39.5. The number of pyridine rings is 1. The molecule has 5 nitrogen and oxygen atoms in total. The third kappa shape index (κ3) is 9.41. The van der Waals surface area contributed by atoms with E-state index in [1.807, 2.05) is 97.1 Å². The van der Waals surface area contributed by atoms with Crippen LogP contribution in [0.25, 0.3) is 123 Å². The minimum absolute atomic E-state index is 0. The number of nitrogens with zero attached hydrogens (tertiary/aromatic N) is 5. The van der Waals surface area contributed by atoms with Crippen LogP contribution in [0.4, 0.5) is 0 Å². The fraction of sp³-hybridized carbons (Fsp3) is 0.0441. The van der Waals surface area contributed by atoms with E-state index in [1.54, 1.807) is 12.1 Å². The third-order valence-electron chi connectivity index (χ3n) is 13.2. The summed E-state index contributed by atoms with van der Waals surface area (Å²) in [7, 11) is 0. The van der Waals surface area contributed by atoms with Crippen LogP contribution >= 0.6 is 0 Å². The molecule has 0 radical (unpaired) electrons. The van der Waals surface area contributed by atoms with E-state index in [9.17, 15) is 0 Å². The van der Waals surface area contributed by atoms with Crippen LogP contribution in [0.3, 0.4) is 0 Å². The monoisotopic (exact) mass is 1140 g/mol. The van der Waals surface area contributed by atoms with Gasteiger partial charge in [0.15, 0.2) is 0 Å². The van der Waals surface area contributed by atoms with Gasteiger partial charge in [-0.2, -0.15) is 0 Å². The van der Waals surface area contributed by atoms with Crippen molar-refractivity contribution in [3.63, 3.8) is 0 Å². The molecule has 0 fully saturated rings. The van der Waals surface area contributed by atoms with Crippen molar-refractivity contribution in [3.05, 3.63) is 261 Å². The van der Waals surface area contributed by atoms with Gasteiger partial charge in [-0.15, -0.1) is 83.4 Å². The fourth-order valence-electron chi connectivity index (χ4n) is 9.63. The molecule has 0 unspecified atom stereocenters. The van der Waals surface area contributed by atoms with Gasteiger partial charge in [-0.1, -0.05) is 178 Å². The van der Waals surface area contributed by atoms with Gasteiger partial charge in [-0.3, -0.25) is 9.97 Å². The van der Waals surface area contributed by atoms with Crippen LogP contribution in [-0.4, -0.2) is 24.1 Å². The minimum Gasteiger partial charge on any atom is -0.373 e. The third-order valence-corrected chi connectivity index (χ3v) is 13.2. The Morgan fingerprint density at radius 2 is 0.824 bits per heavy atom. The minimum atomic E-state index is -2.41. The van der Waals surface area contributed by atoms with Crippen LogP contribution in [0.5, 0.6) is 0 Å². The summed E-state index contributed by atoms with van der Waals surface area (Å²) >= 11 is 0. The molecule has 74 heavy (non-hydrogen) atoms. The first-order valence-corrected chi connectivity index (χ1v) is 23.8. The quantitative estimate of drug-likeness (QED) is 0.121. The van der Waals surface area contributed by atoms with Crippen molar-refractivity contribution in [1.82, 2.24) is 24.1 Å². The molecule has 0 bridgehead atoms. The molecule has 0 amide bonds. The summed E-state index contributed by atoms with van der Waals surface area (Å²) in [5.74, 6) is 0.592. The van der Waals surface area contributed by atoms with Crippen LogP contribution in [0, 0.1) is 25.1 Å². The van der Waals surface area contributed by atoms with Crippen LogP contribution in [0.15, 0.2) is 237 Å². The number of hydrogen-bond acceptors (Lipinski definition) is 3. The second kappa shape index (κ2) is 20.7. The molecule has 9 aromatic carbocycles. The van der Waals surface area contributed by atoms with E-state index in [0.29, 0.717) is 34.0 Å². The Morgan fingerprint density at radius 1 is 0.365 bits per heavy atom. The van der Waals surface area contributed by atoms with Crippen molar-refractivity contribution in [1.29, 1.82) is 0 Å². The molecule has 6 heteroatoms. The Morgan fingerprint density at radius 3 is 1.31 bits per heavy atom. The Kier molecular flexibility index (Phi) is 10.6. The Labute approximate surface area is 459 Å². The molecule has 0 aliphatic rings. The Balaban J connectivity index is 0.00000721. The van der Waals surface area contributed by atoms with Crippen molar-refractivity contribution in [2.45, 2.75) is 6.85 Å². The number of aryl methyl sites for hydroxylation is 3. The molecule has 0 aliphatic carbocycles. The van der Waals surface area contributed by atoms with Crippen LogP contribution in [0.1, 0.15) is 17.9 Å². The molecule has 0 spiro atoms. The topological polar surface area (TPSA) is 48.5 Å². The number of imidazole rings is 2. The number of benzene rings is 9. The summed E-state index contributed by atoms with van der Waals surface area (Å²) < 4.78 is 74.7. The van der Waals surface area contributed by atoms with Crippen molar-refractivity contribution in [2.75, 3.05) is 0 Å². The summed E-state index contributed by atoms with van der Waals surface area (Å²) in [5, 5.41) is 0. The molecule has 12 aromatic rings. The van der Waals surface area contributed by atoms with Gasteiger partial charge in [0.25, 0.3) is 0 Å². The summed E-state index contributed by atoms with van der Waals surface area (Å²) in [6.07, 6.45) is 7.27. The van der Waals surface area contributed by atoms with Gasteiger partial charge in [0, 0.05) is 57.3 Å². The second-order valence-corrected chi connectivity index (χ2v) is 17.7. The molecule has 0 saturated carbocycles. The molecule has 3 aromatic heterocycles. The maximum absolute atomic E-state index is 8.07. The Bertz CT molecular complexity index is 4110. The zero-order chi connectivity index (χ0) is 56.8. The van der Waals surface area contributed by atoms with Gasteiger partial charge < -0.3 is 14.1 Å². The maximum Gasteiger partial charge on any atom is 3.00 e.